The molecule has 0 unspecified atom stereocenters. The average Bonchev–Trinajstić information content (AvgIpc) is 3.07. The quantitative estimate of drug-likeness (QED) is 0.738. The Labute approximate surface area is 157 Å². The Morgan fingerprint density at radius 2 is 1.74 bits per heavy atom. The lowest BCUT2D eigenvalue weighted by Gasteiger charge is -2.26. The zero-order valence-corrected chi connectivity index (χ0v) is 14.9. The molecule has 1 aliphatic heterocycles. The summed E-state index contributed by atoms with van der Waals surface area (Å²) < 4.78 is 0. The maximum absolute atomic E-state index is 13.0. The highest BCUT2D eigenvalue weighted by Gasteiger charge is 2.38. The summed E-state index contributed by atoms with van der Waals surface area (Å²) in [6, 6.07) is 19.8. The van der Waals surface area contributed by atoms with E-state index in [-0.39, 0.29) is 6.04 Å². The number of para-hydroxylation sites is 1. The van der Waals surface area contributed by atoms with Crippen molar-refractivity contribution in [2.45, 2.75) is 25.4 Å². The van der Waals surface area contributed by atoms with Crippen molar-refractivity contribution in [1.29, 1.82) is 0 Å². The van der Waals surface area contributed by atoms with Gasteiger partial charge in [0.25, 0.3) is 0 Å². The van der Waals surface area contributed by atoms with Crippen molar-refractivity contribution in [3.8, 4) is 0 Å². The average molecular weight is 360 g/mol. The second kappa shape index (κ2) is 6.76. The van der Waals surface area contributed by atoms with Crippen LogP contribution in [0.4, 0.5) is 10.5 Å². The first-order valence-electron chi connectivity index (χ1n) is 8.94. The third kappa shape index (κ3) is 3.01. The SMILES string of the molecule is C[C@H](NC(=O)N1c2ccccc2C[C@H]1C(=O)O)c1cccc2ccccc12. The molecule has 5 heteroatoms. The standard InChI is InChI=1S/C22H20N2O3/c1-14(17-11-6-9-15-7-2-4-10-18(15)17)23-22(27)24-19-12-5-3-8-16(19)13-20(24)21(25)26/h2-12,14,20H,13H2,1H3,(H,23,27)(H,25,26)/t14-,20-/m0/s1. The van der Waals surface area contributed by atoms with Gasteiger partial charge in [0.15, 0.2) is 0 Å². The number of nitrogens with one attached hydrogen (secondary N) is 1. The molecule has 2 atom stereocenters. The largest absolute Gasteiger partial charge is 0.480 e. The van der Waals surface area contributed by atoms with Crippen LogP contribution >= 0.6 is 0 Å². The Bertz CT molecular complexity index is 1030. The topological polar surface area (TPSA) is 69.6 Å². The van der Waals surface area contributed by atoms with Gasteiger partial charge in [0.2, 0.25) is 0 Å². The maximum Gasteiger partial charge on any atom is 0.327 e. The van der Waals surface area contributed by atoms with Crippen LogP contribution in [0.2, 0.25) is 0 Å². The number of aliphatic carboxylic acids is 1. The summed E-state index contributed by atoms with van der Waals surface area (Å²) in [6.45, 7) is 1.91. The lowest BCUT2D eigenvalue weighted by Crippen LogP contribution is -2.48. The highest BCUT2D eigenvalue weighted by atomic mass is 16.4. The van der Waals surface area contributed by atoms with Crippen molar-refractivity contribution in [2.24, 2.45) is 0 Å². The molecule has 0 aromatic heterocycles. The van der Waals surface area contributed by atoms with Crippen LogP contribution in [0.1, 0.15) is 24.1 Å². The number of nitrogens with zero attached hydrogens (tertiary/aromatic N) is 1. The van der Waals surface area contributed by atoms with Crippen LogP contribution in [0, 0.1) is 0 Å². The summed E-state index contributed by atoms with van der Waals surface area (Å²) in [6.07, 6.45) is 0.321. The molecule has 136 valence electrons. The molecule has 0 saturated carbocycles. The zero-order valence-electron chi connectivity index (χ0n) is 14.9. The van der Waals surface area contributed by atoms with Crippen LogP contribution in [0.3, 0.4) is 0 Å². The number of hydrogen-bond donors (Lipinski definition) is 2. The number of carboxylic acids is 1. The van der Waals surface area contributed by atoms with Crippen molar-refractivity contribution in [2.75, 3.05) is 4.90 Å². The van der Waals surface area contributed by atoms with Crippen LogP contribution in [-0.4, -0.2) is 23.1 Å². The first-order valence-corrected chi connectivity index (χ1v) is 8.94. The van der Waals surface area contributed by atoms with Gasteiger partial charge in [-0.25, -0.2) is 9.59 Å². The fourth-order valence-corrected chi connectivity index (χ4v) is 3.80. The van der Waals surface area contributed by atoms with E-state index in [1.807, 2.05) is 67.6 Å². The molecule has 1 heterocycles. The molecule has 0 bridgehead atoms. The number of urea groups is 1. The predicted molar refractivity (Wildman–Crippen MR) is 105 cm³/mol. The van der Waals surface area contributed by atoms with Gasteiger partial charge in [-0.2, -0.15) is 0 Å². The Kier molecular flexibility index (Phi) is 4.28. The molecule has 2 amide bonds. The number of rotatable bonds is 3. The van der Waals surface area contributed by atoms with Crippen molar-refractivity contribution in [3.63, 3.8) is 0 Å². The molecule has 3 aromatic carbocycles. The molecular weight excluding hydrogens is 340 g/mol. The fraction of sp³-hybridized carbons (Fsp3) is 0.182. The third-order valence-corrected chi connectivity index (χ3v) is 5.11. The normalized spacial score (nSPS) is 16.8. The van der Waals surface area contributed by atoms with E-state index in [1.165, 1.54) is 4.90 Å². The van der Waals surface area contributed by atoms with Crippen LogP contribution in [0.25, 0.3) is 10.8 Å². The van der Waals surface area contributed by atoms with E-state index >= 15 is 0 Å². The lowest BCUT2D eigenvalue weighted by molar-refractivity contribution is -0.138. The van der Waals surface area contributed by atoms with Gasteiger partial charge in [0.05, 0.1) is 6.04 Å². The second-order valence-electron chi connectivity index (χ2n) is 6.80. The molecule has 3 aromatic rings. The Morgan fingerprint density at radius 1 is 1.04 bits per heavy atom. The van der Waals surface area contributed by atoms with Crippen molar-refractivity contribution >= 4 is 28.5 Å². The number of hydrogen-bond acceptors (Lipinski definition) is 2. The minimum absolute atomic E-state index is 0.259. The summed E-state index contributed by atoms with van der Waals surface area (Å²) in [5.41, 5.74) is 2.53. The molecule has 4 rings (SSSR count). The number of benzene rings is 3. The first-order chi connectivity index (χ1) is 13.1. The minimum atomic E-state index is -1.00. The van der Waals surface area contributed by atoms with Gasteiger partial charge in [-0.15, -0.1) is 0 Å². The fourth-order valence-electron chi connectivity index (χ4n) is 3.80. The van der Waals surface area contributed by atoms with E-state index < -0.39 is 18.0 Å². The van der Waals surface area contributed by atoms with E-state index in [0.29, 0.717) is 12.1 Å². The minimum Gasteiger partial charge on any atom is -0.480 e. The summed E-state index contributed by atoms with van der Waals surface area (Å²) in [4.78, 5) is 26.0. The van der Waals surface area contributed by atoms with E-state index in [1.54, 1.807) is 6.07 Å². The molecule has 0 fully saturated rings. The number of anilines is 1. The van der Waals surface area contributed by atoms with Crippen LogP contribution < -0.4 is 10.2 Å². The van der Waals surface area contributed by atoms with E-state index in [2.05, 4.69) is 5.32 Å². The Hall–Kier alpha value is -3.34. The van der Waals surface area contributed by atoms with E-state index in [9.17, 15) is 14.7 Å². The summed E-state index contributed by atoms with van der Waals surface area (Å²) >= 11 is 0. The van der Waals surface area contributed by atoms with Crippen LogP contribution in [-0.2, 0) is 11.2 Å². The number of carbonyl (C=O) groups excluding carboxylic acids is 1. The van der Waals surface area contributed by atoms with Crippen LogP contribution in [0.5, 0.6) is 0 Å². The van der Waals surface area contributed by atoms with Gasteiger partial charge >= 0.3 is 12.0 Å². The molecule has 0 aliphatic carbocycles. The van der Waals surface area contributed by atoms with Gasteiger partial charge in [-0.3, -0.25) is 4.90 Å². The first kappa shape index (κ1) is 17.1. The van der Waals surface area contributed by atoms with Gasteiger partial charge in [-0.05, 0) is 34.9 Å². The van der Waals surface area contributed by atoms with Crippen molar-refractivity contribution in [1.82, 2.24) is 5.32 Å². The van der Waals surface area contributed by atoms with Crippen molar-refractivity contribution in [3.05, 3.63) is 77.9 Å². The molecule has 2 N–H and O–H groups in total. The van der Waals surface area contributed by atoms with Crippen molar-refractivity contribution < 1.29 is 14.7 Å². The molecule has 0 radical (unpaired) electrons. The second-order valence-corrected chi connectivity index (χ2v) is 6.80. The number of fused-ring (bicyclic) bond motifs is 2. The lowest BCUT2D eigenvalue weighted by atomic mass is 10.00. The molecule has 27 heavy (non-hydrogen) atoms. The maximum atomic E-state index is 13.0. The Morgan fingerprint density at radius 3 is 2.56 bits per heavy atom. The predicted octanol–water partition coefficient (Wildman–Crippen LogP) is 4.13. The summed E-state index contributed by atoms with van der Waals surface area (Å²) in [7, 11) is 0. The molecular formula is C22H20N2O3. The molecule has 5 nitrogen and oxygen atoms in total. The smallest absolute Gasteiger partial charge is 0.327 e. The molecule has 0 spiro atoms. The number of amides is 2. The molecule has 1 aliphatic rings. The van der Waals surface area contributed by atoms with Gasteiger partial charge < -0.3 is 10.4 Å². The molecule has 0 saturated heterocycles. The number of carbonyl (C=O) groups is 2. The van der Waals surface area contributed by atoms with Crippen LogP contribution in [0.15, 0.2) is 66.7 Å². The van der Waals surface area contributed by atoms with Gasteiger partial charge in [0.1, 0.15) is 6.04 Å². The Balaban J connectivity index is 1.64. The monoisotopic (exact) mass is 360 g/mol. The van der Waals surface area contributed by atoms with E-state index in [4.69, 9.17) is 0 Å². The van der Waals surface area contributed by atoms with E-state index in [0.717, 1.165) is 21.9 Å². The highest BCUT2D eigenvalue weighted by Crippen LogP contribution is 2.33. The zero-order chi connectivity index (χ0) is 19.0. The summed E-state index contributed by atoms with van der Waals surface area (Å²) in [5.74, 6) is -1.00. The van der Waals surface area contributed by atoms with Gasteiger partial charge in [-0.1, -0.05) is 60.7 Å². The number of carboxylic acid groups (broad SMARTS) is 1. The summed E-state index contributed by atoms with van der Waals surface area (Å²) in [5, 5.41) is 14.7. The third-order valence-electron chi connectivity index (χ3n) is 5.11. The van der Waals surface area contributed by atoms with Gasteiger partial charge in [0, 0.05) is 12.1 Å². The highest BCUT2D eigenvalue weighted by molar-refractivity contribution is 6.01.